The molecule has 0 unspecified atom stereocenters. The van der Waals surface area contributed by atoms with Gasteiger partial charge in [0.2, 0.25) is 0 Å². The zero-order chi connectivity index (χ0) is 23.3. The van der Waals surface area contributed by atoms with Crippen molar-refractivity contribution in [2.75, 3.05) is 0 Å². The maximum atomic E-state index is 14.0. The van der Waals surface area contributed by atoms with Gasteiger partial charge in [0.1, 0.15) is 0 Å². The molecule has 5 aromatic carbocycles. The zero-order valence-electron chi connectivity index (χ0n) is 18.7. The fraction of sp³-hybridized carbons (Fsp3) is 0. The number of rotatable bonds is 6. The van der Waals surface area contributed by atoms with Crippen molar-refractivity contribution in [2.45, 2.75) is 0 Å². The van der Waals surface area contributed by atoms with Crippen molar-refractivity contribution in [1.29, 1.82) is 0 Å². The summed E-state index contributed by atoms with van der Waals surface area (Å²) in [6.07, 6.45) is 0. The summed E-state index contributed by atoms with van der Waals surface area (Å²) < 4.78 is 7.05. The van der Waals surface area contributed by atoms with Gasteiger partial charge in [0.25, 0.3) is 0 Å². The van der Waals surface area contributed by atoms with Crippen molar-refractivity contribution >= 4 is 34.0 Å². The molecule has 0 aromatic heterocycles. The van der Waals surface area contributed by atoms with Crippen molar-refractivity contribution in [2.24, 2.45) is 0 Å². The van der Waals surface area contributed by atoms with Gasteiger partial charge in [-0.3, -0.25) is 0 Å². The first kappa shape index (κ1) is 21.8. The van der Waals surface area contributed by atoms with E-state index in [1.807, 2.05) is 91.0 Å². The molecule has 5 rings (SSSR count). The number of hydrogen-bond acceptors (Lipinski definition) is 2. The van der Waals surface area contributed by atoms with Crippen molar-refractivity contribution in [3.8, 4) is 0 Å². The molecule has 5 aromatic rings. The molecular weight excluding hydrogens is 435 g/mol. The predicted molar refractivity (Wildman–Crippen MR) is 143 cm³/mol. The SMILES string of the molecule is O=C(OP(c1ccccc1)(c1ccccc1)(c1ccccc1)c1ccccc1)c1ccccc1. The second kappa shape index (κ2) is 9.09. The van der Waals surface area contributed by atoms with E-state index < -0.39 is 6.83 Å². The fourth-order valence-electron chi connectivity index (χ4n) is 4.75. The normalized spacial score (nSPS) is 12.3. The minimum atomic E-state index is -3.98. The van der Waals surface area contributed by atoms with Gasteiger partial charge in [-0.15, -0.1) is 0 Å². The molecule has 0 aliphatic carbocycles. The Hall–Kier alpha value is -4.00. The van der Waals surface area contributed by atoms with E-state index in [4.69, 9.17) is 4.52 Å². The summed E-state index contributed by atoms with van der Waals surface area (Å²) >= 11 is 0. The molecule has 0 heterocycles. The summed E-state index contributed by atoms with van der Waals surface area (Å²) in [6.45, 7) is -3.98. The Labute approximate surface area is 200 Å². The zero-order valence-corrected chi connectivity index (χ0v) is 19.6. The van der Waals surface area contributed by atoms with Crippen LogP contribution >= 0.6 is 6.83 Å². The Bertz CT molecular complexity index is 1200. The second-order valence-electron chi connectivity index (χ2n) is 8.12. The number of carbonyl (C=O) groups excluding carboxylic acids is 1. The monoisotopic (exact) mass is 460 g/mol. The predicted octanol–water partition coefficient (Wildman–Crippen LogP) is 5.61. The van der Waals surface area contributed by atoms with Crippen molar-refractivity contribution in [1.82, 2.24) is 0 Å². The maximum absolute atomic E-state index is 14.0. The van der Waals surface area contributed by atoms with Crippen LogP contribution in [-0.4, -0.2) is 5.97 Å². The van der Waals surface area contributed by atoms with Gasteiger partial charge in [-0.2, -0.15) is 0 Å². The van der Waals surface area contributed by atoms with E-state index in [9.17, 15) is 4.79 Å². The molecule has 3 heteroatoms. The Balaban J connectivity index is 1.98. The molecule has 0 fully saturated rings. The van der Waals surface area contributed by atoms with Crippen LogP contribution in [-0.2, 0) is 4.52 Å². The Morgan fingerprint density at radius 3 is 0.971 bits per heavy atom. The Morgan fingerprint density at radius 1 is 0.412 bits per heavy atom. The average Bonchev–Trinajstić information content (AvgIpc) is 2.94. The molecule has 0 atom stereocenters. The van der Waals surface area contributed by atoms with Gasteiger partial charge in [0, 0.05) is 0 Å². The third kappa shape index (κ3) is 3.36. The van der Waals surface area contributed by atoms with E-state index >= 15 is 0 Å². The summed E-state index contributed by atoms with van der Waals surface area (Å²) in [5, 5.41) is 3.89. The van der Waals surface area contributed by atoms with Crippen LogP contribution in [0.4, 0.5) is 0 Å². The van der Waals surface area contributed by atoms with E-state index in [-0.39, 0.29) is 5.97 Å². The third-order valence-corrected chi connectivity index (χ3v) is 11.9. The Kier molecular flexibility index (Phi) is 5.84. The topological polar surface area (TPSA) is 26.3 Å². The molecule has 0 saturated heterocycles. The standard InChI is InChI=1S/C31H25O2P/c32-31(26-16-6-1-7-17-26)33-34(27-18-8-2-9-19-27,28-20-10-3-11-21-28,29-22-12-4-13-23-29)30-24-14-5-15-25-30/h1-25H. The first-order valence-electron chi connectivity index (χ1n) is 11.3. The van der Waals surface area contributed by atoms with Crippen LogP contribution in [0.1, 0.15) is 10.4 Å². The van der Waals surface area contributed by atoms with Crippen molar-refractivity contribution in [3.63, 3.8) is 0 Å². The van der Waals surface area contributed by atoms with Gasteiger partial charge in [-0.1, -0.05) is 0 Å². The van der Waals surface area contributed by atoms with E-state index in [1.54, 1.807) is 12.1 Å². The molecule has 0 aliphatic heterocycles. The first-order valence-corrected chi connectivity index (χ1v) is 13.4. The quantitative estimate of drug-likeness (QED) is 0.308. The van der Waals surface area contributed by atoms with E-state index in [0.29, 0.717) is 5.56 Å². The molecule has 0 spiro atoms. The molecular formula is C31H25O2P. The van der Waals surface area contributed by atoms with Crippen molar-refractivity contribution in [3.05, 3.63) is 157 Å². The van der Waals surface area contributed by atoms with Gasteiger partial charge < -0.3 is 0 Å². The van der Waals surface area contributed by atoms with Gasteiger partial charge >= 0.3 is 201 Å². The van der Waals surface area contributed by atoms with E-state index in [1.165, 1.54) is 0 Å². The van der Waals surface area contributed by atoms with Crippen LogP contribution in [0.15, 0.2) is 152 Å². The van der Waals surface area contributed by atoms with Gasteiger partial charge in [-0.25, -0.2) is 0 Å². The van der Waals surface area contributed by atoms with Gasteiger partial charge in [0.15, 0.2) is 0 Å². The molecule has 0 amide bonds. The van der Waals surface area contributed by atoms with Gasteiger partial charge in [0.05, 0.1) is 0 Å². The first-order chi connectivity index (χ1) is 16.8. The fourth-order valence-corrected chi connectivity index (χ4v) is 10.4. The summed E-state index contributed by atoms with van der Waals surface area (Å²) in [5.74, 6) is -0.348. The number of hydrogen-bond donors (Lipinski definition) is 0. The molecule has 0 N–H and O–H groups in total. The average molecular weight is 461 g/mol. The van der Waals surface area contributed by atoms with E-state index in [2.05, 4.69) is 48.5 Å². The molecule has 0 saturated carbocycles. The van der Waals surface area contributed by atoms with Crippen LogP contribution in [0.3, 0.4) is 0 Å². The molecule has 0 bridgehead atoms. The number of carbonyl (C=O) groups is 1. The molecule has 0 aliphatic rings. The third-order valence-electron chi connectivity index (χ3n) is 6.27. The molecule has 34 heavy (non-hydrogen) atoms. The van der Waals surface area contributed by atoms with Crippen LogP contribution in [0, 0.1) is 0 Å². The summed E-state index contributed by atoms with van der Waals surface area (Å²) in [7, 11) is 0. The molecule has 166 valence electrons. The molecule has 0 radical (unpaired) electrons. The van der Waals surface area contributed by atoms with Gasteiger partial charge in [-0.05, 0) is 0 Å². The molecule has 2 nitrogen and oxygen atoms in total. The van der Waals surface area contributed by atoms with E-state index in [0.717, 1.165) is 21.2 Å². The number of benzene rings is 5. The minimum absolute atomic E-state index is 0.348. The summed E-state index contributed by atoms with van der Waals surface area (Å²) in [6, 6.07) is 50.0. The van der Waals surface area contributed by atoms with Crippen LogP contribution in [0.5, 0.6) is 0 Å². The summed E-state index contributed by atoms with van der Waals surface area (Å²) in [4.78, 5) is 14.0. The van der Waals surface area contributed by atoms with Crippen LogP contribution in [0.2, 0.25) is 0 Å². The van der Waals surface area contributed by atoms with Crippen LogP contribution in [0.25, 0.3) is 0 Å². The summed E-state index contributed by atoms with van der Waals surface area (Å²) in [5.41, 5.74) is 0.523. The van der Waals surface area contributed by atoms with Crippen molar-refractivity contribution < 1.29 is 9.32 Å². The second-order valence-corrected chi connectivity index (χ2v) is 12.4. The van der Waals surface area contributed by atoms with Crippen LogP contribution < -0.4 is 21.2 Å². The Morgan fingerprint density at radius 2 is 0.676 bits per heavy atom.